The summed E-state index contributed by atoms with van der Waals surface area (Å²) in [5.74, 6) is -1.53. The zero-order chi connectivity index (χ0) is 11.4. The average molecular weight is 214 g/mol. The Morgan fingerprint density at radius 2 is 1.87 bits per heavy atom. The molecule has 1 aromatic carbocycles. The van der Waals surface area contributed by atoms with Crippen LogP contribution in [0.2, 0.25) is 0 Å². The van der Waals surface area contributed by atoms with Gasteiger partial charge in [-0.2, -0.15) is 0 Å². The van der Waals surface area contributed by atoms with Crippen LogP contribution >= 0.6 is 0 Å². The maximum Gasteiger partial charge on any atom is 0.310 e. The molecule has 1 N–H and O–H groups in total. The fraction of sp³-hybridized carbons (Fsp3) is 0.364. The number of carboxylic acid groups (broad SMARTS) is 1. The van der Waals surface area contributed by atoms with Crippen LogP contribution in [0, 0.1) is 0 Å². The molecule has 1 rings (SSSR count). The second-order valence-electron chi connectivity index (χ2n) is 3.40. The standard InChI is InChI=1S/C11H12F2O2/c1-7(11(14)15)9-4-2-8(3-5-9)6-10(12)13/h2-5,7,10H,6H2,1H3,(H,14,15). The molecule has 1 unspecified atom stereocenters. The molecule has 0 saturated heterocycles. The van der Waals surface area contributed by atoms with Gasteiger partial charge >= 0.3 is 5.97 Å². The SMILES string of the molecule is CC(C(=O)O)c1ccc(CC(F)F)cc1. The minimum absolute atomic E-state index is 0.290. The summed E-state index contributed by atoms with van der Waals surface area (Å²) in [5.41, 5.74) is 1.15. The zero-order valence-electron chi connectivity index (χ0n) is 8.28. The van der Waals surface area contributed by atoms with Crippen molar-refractivity contribution in [2.45, 2.75) is 25.7 Å². The molecule has 0 aliphatic heterocycles. The zero-order valence-corrected chi connectivity index (χ0v) is 8.28. The van der Waals surface area contributed by atoms with Gasteiger partial charge in [0.05, 0.1) is 5.92 Å². The molecule has 2 nitrogen and oxygen atoms in total. The highest BCUT2D eigenvalue weighted by Crippen LogP contribution is 2.17. The second kappa shape index (κ2) is 4.87. The summed E-state index contributed by atoms with van der Waals surface area (Å²) in [7, 11) is 0. The van der Waals surface area contributed by atoms with Crippen LogP contribution in [0.1, 0.15) is 24.0 Å². The quantitative estimate of drug-likeness (QED) is 0.836. The van der Waals surface area contributed by atoms with E-state index >= 15 is 0 Å². The van der Waals surface area contributed by atoms with Crippen molar-refractivity contribution in [3.05, 3.63) is 35.4 Å². The Hall–Kier alpha value is -1.45. The third-order valence-electron chi connectivity index (χ3n) is 2.24. The van der Waals surface area contributed by atoms with Crippen molar-refractivity contribution in [3.63, 3.8) is 0 Å². The monoisotopic (exact) mass is 214 g/mol. The highest BCUT2D eigenvalue weighted by Gasteiger charge is 2.13. The van der Waals surface area contributed by atoms with Crippen LogP contribution in [0.5, 0.6) is 0 Å². The Morgan fingerprint density at radius 1 is 1.33 bits per heavy atom. The Kier molecular flexibility index (Phi) is 3.77. The molecule has 0 aliphatic rings. The third kappa shape index (κ3) is 3.31. The molecule has 0 spiro atoms. The van der Waals surface area contributed by atoms with E-state index in [1.807, 2.05) is 0 Å². The van der Waals surface area contributed by atoms with Gasteiger partial charge in [0.2, 0.25) is 6.43 Å². The summed E-state index contributed by atoms with van der Waals surface area (Å²) in [6, 6.07) is 6.24. The van der Waals surface area contributed by atoms with Crippen molar-refractivity contribution in [1.82, 2.24) is 0 Å². The van der Waals surface area contributed by atoms with E-state index in [4.69, 9.17) is 5.11 Å². The van der Waals surface area contributed by atoms with Gasteiger partial charge in [0, 0.05) is 6.42 Å². The van der Waals surface area contributed by atoms with Crippen molar-refractivity contribution >= 4 is 5.97 Å². The summed E-state index contributed by atoms with van der Waals surface area (Å²) in [6.45, 7) is 1.56. The van der Waals surface area contributed by atoms with Crippen molar-refractivity contribution in [3.8, 4) is 0 Å². The first-order valence-corrected chi connectivity index (χ1v) is 4.60. The van der Waals surface area contributed by atoms with Crippen molar-refractivity contribution in [2.24, 2.45) is 0 Å². The lowest BCUT2D eigenvalue weighted by atomic mass is 9.99. The molecule has 15 heavy (non-hydrogen) atoms. The van der Waals surface area contributed by atoms with E-state index in [1.165, 1.54) is 0 Å². The molecule has 1 aromatic rings. The Labute approximate surface area is 86.5 Å². The summed E-state index contributed by atoms with van der Waals surface area (Å²) in [6.07, 6.45) is -2.66. The number of alkyl halides is 2. The van der Waals surface area contributed by atoms with Crippen molar-refractivity contribution in [2.75, 3.05) is 0 Å². The molecular weight excluding hydrogens is 202 g/mol. The van der Waals surface area contributed by atoms with Crippen molar-refractivity contribution in [1.29, 1.82) is 0 Å². The number of benzene rings is 1. The molecule has 0 aliphatic carbocycles. The maximum absolute atomic E-state index is 12.0. The van der Waals surface area contributed by atoms with Gasteiger partial charge in [0.15, 0.2) is 0 Å². The smallest absolute Gasteiger partial charge is 0.310 e. The molecule has 4 heteroatoms. The van der Waals surface area contributed by atoms with Crippen LogP contribution < -0.4 is 0 Å². The highest BCUT2D eigenvalue weighted by molar-refractivity contribution is 5.75. The van der Waals surface area contributed by atoms with Gasteiger partial charge in [0.25, 0.3) is 0 Å². The summed E-state index contributed by atoms with van der Waals surface area (Å²) in [4.78, 5) is 10.6. The number of hydrogen-bond acceptors (Lipinski definition) is 1. The first-order chi connectivity index (χ1) is 7.00. The second-order valence-corrected chi connectivity index (χ2v) is 3.40. The number of carbonyl (C=O) groups is 1. The van der Waals surface area contributed by atoms with Gasteiger partial charge in [-0.1, -0.05) is 24.3 Å². The molecule has 0 bridgehead atoms. The number of hydrogen-bond donors (Lipinski definition) is 1. The lowest BCUT2D eigenvalue weighted by molar-refractivity contribution is -0.138. The van der Waals surface area contributed by atoms with E-state index in [1.54, 1.807) is 31.2 Å². The summed E-state index contributed by atoms with van der Waals surface area (Å²) >= 11 is 0. The molecule has 0 amide bonds. The summed E-state index contributed by atoms with van der Waals surface area (Å²) < 4.78 is 24.0. The lowest BCUT2D eigenvalue weighted by Crippen LogP contribution is -2.07. The van der Waals surface area contributed by atoms with E-state index in [2.05, 4.69) is 0 Å². The normalized spacial score (nSPS) is 12.8. The average Bonchev–Trinajstić information content (AvgIpc) is 2.17. The van der Waals surface area contributed by atoms with Crippen LogP contribution in [0.15, 0.2) is 24.3 Å². The molecule has 0 radical (unpaired) electrons. The number of rotatable bonds is 4. The fourth-order valence-electron chi connectivity index (χ4n) is 1.26. The predicted octanol–water partition coefficient (Wildman–Crippen LogP) is 2.68. The maximum atomic E-state index is 12.0. The van der Waals surface area contributed by atoms with Gasteiger partial charge in [-0.15, -0.1) is 0 Å². The first-order valence-electron chi connectivity index (χ1n) is 4.60. The molecule has 0 fully saturated rings. The number of carboxylic acids is 1. The highest BCUT2D eigenvalue weighted by atomic mass is 19.3. The lowest BCUT2D eigenvalue weighted by Gasteiger charge is -2.07. The van der Waals surface area contributed by atoms with Gasteiger partial charge in [0.1, 0.15) is 0 Å². The van der Waals surface area contributed by atoms with E-state index in [-0.39, 0.29) is 6.42 Å². The van der Waals surface area contributed by atoms with E-state index in [0.717, 1.165) is 0 Å². The predicted molar refractivity (Wildman–Crippen MR) is 52.2 cm³/mol. The van der Waals surface area contributed by atoms with Crippen molar-refractivity contribution < 1.29 is 18.7 Å². The number of halogens is 2. The van der Waals surface area contributed by atoms with Crippen LogP contribution in [-0.2, 0) is 11.2 Å². The minimum atomic E-state index is -2.37. The molecule has 0 heterocycles. The molecule has 1 atom stereocenters. The van der Waals surface area contributed by atoms with E-state index in [9.17, 15) is 13.6 Å². The summed E-state index contributed by atoms with van der Waals surface area (Å²) in [5, 5.41) is 8.73. The first kappa shape index (κ1) is 11.6. The fourth-order valence-corrected chi connectivity index (χ4v) is 1.26. The number of aliphatic carboxylic acids is 1. The van der Waals surface area contributed by atoms with Gasteiger partial charge in [-0.3, -0.25) is 4.79 Å². The Balaban J connectivity index is 2.76. The van der Waals surface area contributed by atoms with Gasteiger partial charge in [-0.05, 0) is 18.1 Å². The Bertz CT molecular complexity index is 333. The minimum Gasteiger partial charge on any atom is -0.481 e. The van der Waals surface area contributed by atoms with Gasteiger partial charge < -0.3 is 5.11 Å². The van der Waals surface area contributed by atoms with Gasteiger partial charge in [-0.25, -0.2) is 8.78 Å². The van der Waals surface area contributed by atoms with E-state index in [0.29, 0.717) is 11.1 Å². The largest absolute Gasteiger partial charge is 0.481 e. The Morgan fingerprint density at radius 3 is 2.27 bits per heavy atom. The molecular formula is C11H12F2O2. The topological polar surface area (TPSA) is 37.3 Å². The van der Waals surface area contributed by atoms with Crippen LogP contribution in [0.3, 0.4) is 0 Å². The van der Waals surface area contributed by atoms with Crippen LogP contribution in [0.4, 0.5) is 8.78 Å². The third-order valence-corrected chi connectivity index (χ3v) is 2.24. The van der Waals surface area contributed by atoms with Crippen LogP contribution in [-0.4, -0.2) is 17.5 Å². The van der Waals surface area contributed by atoms with Crippen LogP contribution in [0.25, 0.3) is 0 Å². The molecule has 0 aromatic heterocycles. The molecule has 82 valence electrons. The molecule has 0 saturated carbocycles. The van der Waals surface area contributed by atoms with E-state index < -0.39 is 18.3 Å².